The molecular formula is C7H7N3O4. The summed E-state index contributed by atoms with van der Waals surface area (Å²) in [6, 6.07) is 0. The lowest BCUT2D eigenvalue weighted by Gasteiger charge is -2.17. The lowest BCUT2D eigenvalue weighted by Crippen LogP contribution is -2.21. The zero-order valence-electron chi connectivity index (χ0n) is 7.34. The van der Waals surface area contributed by atoms with Crippen LogP contribution in [0.4, 0.5) is 0 Å². The molecule has 0 saturated heterocycles. The third-order valence-electron chi connectivity index (χ3n) is 1.74. The van der Waals surface area contributed by atoms with E-state index in [0.717, 1.165) is 6.08 Å². The lowest BCUT2D eigenvalue weighted by atomic mass is 10.2. The highest BCUT2D eigenvalue weighted by Crippen LogP contribution is 2.21. The van der Waals surface area contributed by atoms with Gasteiger partial charge in [0.1, 0.15) is 5.70 Å². The highest BCUT2D eigenvalue weighted by Gasteiger charge is 2.27. The second kappa shape index (κ2) is 3.29. The largest absolute Gasteiger partial charge is 0.340 e. The number of nitrogens with zero attached hydrogens (tertiary/aromatic N) is 3. The lowest BCUT2D eigenvalue weighted by molar-refractivity contribution is -0.435. The molecule has 0 bridgehead atoms. The maximum absolute atomic E-state index is 10.5. The van der Waals surface area contributed by atoms with Crippen molar-refractivity contribution in [1.29, 1.82) is 0 Å². The Bertz CT molecular complexity index is 382. The molecule has 0 aromatic heterocycles. The predicted molar refractivity (Wildman–Crippen MR) is 47.1 cm³/mol. The van der Waals surface area contributed by atoms with Crippen molar-refractivity contribution in [3.63, 3.8) is 0 Å². The molecule has 0 spiro atoms. The van der Waals surface area contributed by atoms with Gasteiger partial charge in [-0.2, -0.15) is 0 Å². The number of rotatable bonds is 2. The van der Waals surface area contributed by atoms with Crippen LogP contribution in [0.3, 0.4) is 0 Å². The normalized spacial score (nSPS) is 16.1. The minimum atomic E-state index is -0.699. The van der Waals surface area contributed by atoms with Crippen molar-refractivity contribution in [3.05, 3.63) is 56.2 Å². The van der Waals surface area contributed by atoms with Crippen LogP contribution in [0.1, 0.15) is 0 Å². The van der Waals surface area contributed by atoms with Crippen molar-refractivity contribution in [2.75, 3.05) is 7.05 Å². The summed E-state index contributed by atoms with van der Waals surface area (Å²) < 4.78 is 0. The zero-order valence-corrected chi connectivity index (χ0v) is 7.34. The van der Waals surface area contributed by atoms with Gasteiger partial charge in [0.2, 0.25) is 0 Å². The molecule has 0 aromatic carbocycles. The third-order valence-corrected chi connectivity index (χ3v) is 1.74. The van der Waals surface area contributed by atoms with E-state index in [1.54, 1.807) is 0 Å². The molecule has 0 fully saturated rings. The first-order valence-corrected chi connectivity index (χ1v) is 3.58. The zero-order chi connectivity index (χ0) is 10.9. The summed E-state index contributed by atoms with van der Waals surface area (Å²) in [6.45, 7) is 3.44. The fraction of sp³-hybridized carbons (Fsp3) is 0.143. The standard InChI is InChI=1S/C7H7N3O4/c1-5-7(10(13)14)3-6(9(11)12)4-8(5)2/h3-4H,1H2,2H3. The molecule has 0 amide bonds. The van der Waals surface area contributed by atoms with E-state index in [0.29, 0.717) is 0 Å². The van der Waals surface area contributed by atoms with Gasteiger partial charge < -0.3 is 4.90 Å². The van der Waals surface area contributed by atoms with Gasteiger partial charge in [-0.25, -0.2) is 0 Å². The Morgan fingerprint density at radius 1 is 1.36 bits per heavy atom. The molecular weight excluding hydrogens is 190 g/mol. The van der Waals surface area contributed by atoms with E-state index in [-0.39, 0.29) is 17.1 Å². The van der Waals surface area contributed by atoms with Crippen molar-refractivity contribution < 1.29 is 9.85 Å². The van der Waals surface area contributed by atoms with Crippen LogP contribution < -0.4 is 0 Å². The number of likely N-dealkylation sites (N-methyl/N-ethyl adjacent to an activating group) is 1. The van der Waals surface area contributed by atoms with Gasteiger partial charge in [-0.05, 0) is 0 Å². The first kappa shape index (κ1) is 9.90. The highest BCUT2D eigenvalue weighted by molar-refractivity contribution is 5.33. The maximum atomic E-state index is 10.5. The fourth-order valence-electron chi connectivity index (χ4n) is 0.976. The summed E-state index contributed by atoms with van der Waals surface area (Å²) in [5.74, 6) is 0. The van der Waals surface area contributed by atoms with Crippen LogP contribution in [0.25, 0.3) is 0 Å². The van der Waals surface area contributed by atoms with Gasteiger partial charge >= 0.3 is 0 Å². The quantitative estimate of drug-likeness (QED) is 0.480. The first-order valence-electron chi connectivity index (χ1n) is 3.58. The smallest absolute Gasteiger partial charge is 0.299 e. The third kappa shape index (κ3) is 1.60. The fourth-order valence-corrected chi connectivity index (χ4v) is 0.976. The van der Waals surface area contributed by atoms with Gasteiger partial charge in [0.25, 0.3) is 11.4 Å². The van der Waals surface area contributed by atoms with Gasteiger partial charge in [0.05, 0.1) is 22.1 Å². The Morgan fingerprint density at radius 2 is 1.93 bits per heavy atom. The molecule has 0 aromatic rings. The minimum absolute atomic E-state index is 0.126. The second-order valence-electron chi connectivity index (χ2n) is 2.66. The van der Waals surface area contributed by atoms with Crippen molar-refractivity contribution >= 4 is 0 Å². The molecule has 7 nitrogen and oxygen atoms in total. The van der Waals surface area contributed by atoms with Crippen LogP contribution in [0.2, 0.25) is 0 Å². The first-order chi connectivity index (χ1) is 6.43. The Morgan fingerprint density at radius 3 is 2.36 bits per heavy atom. The van der Waals surface area contributed by atoms with Crippen molar-refractivity contribution in [2.45, 2.75) is 0 Å². The molecule has 0 unspecified atom stereocenters. The van der Waals surface area contributed by atoms with Gasteiger partial charge in [-0.1, -0.05) is 6.58 Å². The van der Waals surface area contributed by atoms with Gasteiger partial charge in [-0.3, -0.25) is 20.2 Å². The molecule has 0 N–H and O–H groups in total. The van der Waals surface area contributed by atoms with Crippen molar-refractivity contribution in [2.24, 2.45) is 0 Å². The van der Waals surface area contributed by atoms with Crippen molar-refractivity contribution in [3.8, 4) is 0 Å². The summed E-state index contributed by atoms with van der Waals surface area (Å²) in [5, 5.41) is 20.9. The van der Waals surface area contributed by atoms with Crippen LogP contribution in [-0.4, -0.2) is 21.8 Å². The van der Waals surface area contributed by atoms with Gasteiger partial charge in [-0.15, -0.1) is 0 Å². The van der Waals surface area contributed by atoms with E-state index >= 15 is 0 Å². The van der Waals surface area contributed by atoms with E-state index in [9.17, 15) is 20.2 Å². The Kier molecular flexibility index (Phi) is 2.32. The summed E-state index contributed by atoms with van der Waals surface area (Å²) in [4.78, 5) is 20.7. The highest BCUT2D eigenvalue weighted by atomic mass is 16.6. The number of allylic oxidation sites excluding steroid dienone is 1. The van der Waals surface area contributed by atoms with E-state index < -0.39 is 9.85 Å². The molecule has 0 atom stereocenters. The second-order valence-corrected chi connectivity index (χ2v) is 2.66. The molecule has 14 heavy (non-hydrogen) atoms. The number of hydrogen-bond acceptors (Lipinski definition) is 5. The minimum Gasteiger partial charge on any atom is -0.340 e. The molecule has 74 valence electrons. The SMILES string of the molecule is C=C1C([N+](=O)[O-])=CC([N+](=O)[O-])=CN1C. The van der Waals surface area contributed by atoms with Crippen LogP contribution in [-0.2, 0) is 0 Å². The molecule has 1 rings (SSSR count). The summed E-state index contributed by atoms with van der Waals surface area (Å²) >= 11 is 0. The summed E-state index contributed by atoms with van der Waals surface area (Å²) in [7, 11) is 1.46. The average molecular weight is 197 g/mol. The van der Waals surface area contributed by atoms with Crippen LogP contribution >= 0.6 is 0 Å². The molecule has 1 aliphatic rings. The summed E-state index contributed by atoms with van der Waals surface area (Å²) in [6.07, 6.45) is 2.07. The molecule has 7 heteroatoms. The summed E-state index contributed by atoms with van der Waals surface area (Å²) in [5.41, 5.74) is -0.561. The number of hydrogen-bond donors (Lipinski definition) is 0. The van der Waals surface area contributed by atoms with E-state index in [2.05, 4.69) is 6.58 Å². The molecule has 1 aliphatic heterocycles. The van der Waals surface area contributed by atoms with Gasteiger partial charge in [0.15, 0.2) is 0 Å². The van der Waals surface area contributed by atoms with Crippen LogP contribution in [0, 0.1) is 20.2 Å². The monoisotopic (exact) mass is 197 g/mol. The van der Waals surface area contributed by atoms with E-state index in [4.69, 9.17) is 0 Å². The van der Waals surface area contributed by atoms with Crippen LogP contribution in [0.15, 0.2) is 35.9 Å². The molecule has 0 saturated carbocycles. The maximum Gasteiger partial charge on any atom is 0.299 e. The predicted octanol–water partition coefficient (Wildman–Crippen LogP) is 0.724. The van der Waals surface area contributed by atoms with E-state index in [1.165, 1.54) is 18.1 Å². The Hall–Kier alpha value is -2.18. The molecule has 1 heterocycles. The van der Waals surface area contributed by atoms with Crippen molar-refractivity contribution in [1.82, 2.24) is 4.90 Å². The average Bonchev–Trinajstić information content (AvgIpc) is 2.08. The molecule has 0 aliphatic carbocycles. The van der Waals surface area contributed by atoms with Crippen LogP contribution in [0.5, 0.6) is 0 Å². The van der Waals surface area contributed by atoms with E-state index in [1.807, 2.05) is 0 Å². The Balaban J connectivity index is 3.17. The van der Waals surface area contributed by atoms with Gasteiger partial charge in [0, 0.05) is 7.05 Å². The molecule has 0 radical (unpaired) electrons. The number of nitro groups is 2. The Labute approximate surface area is 78.9 Å². The topological polar surface area (TPSA) is 89.5 Å².